The molecule has 1 spiro atoms. The lowest BCUT2D eigenvalue weighted by atomic mass is 9.83. The van der Waals surface area contributed by atoms with Crippen molar-refractivity contribution in [3.8, 4) is 0 Å². The van der Waals surface area contributed by atoms with E-state index in [0.29, 0.717) is 5.92 Å². The highest BCUT2D eigenvalue weighted by Gasteiger charge is 2.43. The Bertz CT molecular complexity index is 748. The minimum absolute atomic E-state index is 0.143. The summed E-state index contributed by atoms with van der Waals surface area (Å²) in [7, 11) is 0. The smallest absolute Gasteiger partial charge is 0.0713 e. The number of aryl methyl sites for hydroxylation is 1. The van der Waals surface area contributed by atoms with Gasteiger partial charge in [-0.3, -0.25) is 0 Å². The van der Waals surface area contributed by atoms with Gasteiger partial charge in [0.05, 0.1) is 12.2 Å². The second-order valence-electron chi connectivity index (χ2n) is 8.54. The van der Waals surface area contributed by atoms with Gasteiger partial charge in [0.1, 0.15) is 0 Å². The van der Waals surface area contributed by atoms with Crippen LogP contribution in [0.25, 0.3) is 0 Å². The number of rotatable bonds is 3. The van der Waals surface area contributed by atoms with Crippen LogP contribution >= 0.6 is 0 Å². The Kier molecular flexibility index (Phi) is 4.34. The van der Waals surface area contributed by atoms with E-state index in [9.17, 15) is 0 Å². The maximum absolute atomic E-state index is 6.40. The number of hydrogen-bond acceptors (Lipinski definition) is 2. The fourth-order valence-electron chi connectivity index (χ4n) is 5.42. The van der Waals surface area contributed by atoms with Crippen molar-refractivity contribution in [2.24, 2.45) is 0 Å². The summed E-state index contributed by atoms with van der Waals surface area (Å²) in [5.74, 6) is 1.33. The molecule has 26 heavy (non-hydrogen) atoms. The molecule has 2 aromatic carbocycles. The van der Waals surface area contributed by atoms with Gasteiger partial charge < -0.3 is 9.64 Å². The fourth-order valence-corrected chi connectivity index (χ4v) is 5.42. The van der Waals surface area contributed by atoms with E-state index in [2.05, 4.69) is 59.5 Å². The summed E-state index contributed by atoms with van der Waals surface area (Å²) in [4.78, 5) is 2.69. The third-order valence-corrected chi connectivity index (χ3v) is 6.98. The quantitative estimate of drug-likeness (QED) is 0.794. The zero-order valence-electron chi connectivity index (χ0n) is 15.6. The van der Waals surface area contributed by atoms with Crippen molar-refractivity contribution in [2.75, 3.05) is 26.2 Å². The Morgan fingerprint density at radius 2 is 1.73 bits per heavy atom. The van der Waals surface area contributed by atoms with Crippen LogP contribution in [0.1, 0.15) is 54.2 Å². The molecular formula is C24H29NO. The van der Waals surface area contributed by atoms with Crippen molar-refractivity contribution in [1.82, 2.24) is 4.90 Å². The topological polar surface area (TPSA) is 12.5 Å². The minimum Gasteiger partial charge on any atom is -0.374 e. The van der Waals surface area contributed by atoms with Gasteiger partial charge in [0.15, 0.2) is 0 Å². The Labute approximate surface area is 157 Å². The van der Waals surface area contributed by atoms with E-state index < -0.39 is 0 Å². The van der Waals surface area contributed by atoms with Crippen LogP contribution in [0.4, 0.5) is 0 Å². The molecule has 1 aliphatic carbocycles. The van der Waals surface area contributed by atoms with E-state index in [1.165, 1.54) is 57.3 Å². The largest absolute Gasteiger partial charge is 0.374 e. The van der Waals surface area contributed by atoms with Crippen molar-refractivity contribution in [1.29, 1.82) is 0 Å². The second kappa shape index (κ2) is 6.83. The molecule has 0 aromatic heterocycles. The zero-order chi connectivity index (χ0) is 17.4. The third kappa shape index (κ3) is 3.10. The van der Waals surface area contributed by atoms with Gasteiger partial charge in [-0.25, -0.2) is 0 Å². The summed E-state index contributed by atoms with van der Waals surface area (Å²) in [6.45, 7) is 4.52. The lowest BCUT2D eigenvalue weighted by Crippen LogP contribution is -2.45. The Balaban J connectivity index is 1.18. The molecule has 2 aliphatic heterocycles. The van der Waals surface area contributed by atoms with Crippen molar-refractivity contribution < 1.29 is 4.74 Å². The van der Waals surface area contributed by atoms with Crippen LogP contribution in [0.2, 0.25) is 0 Å². The molecule has 3 aliphatic rings. The molecule has 136 valence electrons. The molecule has 2 heterocycles. The molecule has 0 amide bonds. The van der Waals surface area contributed by atoms with E-state index >= 15 is 0 Å². The highest BCUT2D eigenvalue weighted by molar-refractivity contribution is 5.35. The average Bonchev–Trinajstić information content (AvgIpc) is 3.30. The Morgan fingerprint density at radius 1 is 0.962 bits per heavy atom. The zero-order valence-corrected chi connectivity index (χ0v) is 15.6. The number of benzene rings is 2. The molecule has 0 unspecified atom stereocenters. The van der Waals surface area contributed by atoms with Crippen molar-refractivity contribution in [3.05, 3.63) is 71.3 Å². The highest BCUT2D eigenvalue weighted by atomic mass is 16.5. The van der Waals surface area contributed by atoms with Gasteiger partial charge in [-0.15, -0.1) is 0 Å². The number of nitrogens with zero attached hydrogens (tertiary/aromatic N) is 1. The van der Waals surface area contributed by atoms with Gasteiger partial charge in [-0.1, -0.05) is 54.6 Å². The van der Waals surface area contributed by atoms with Gasteiger partial charge in [0, 0.05) is 25.6 Å². The monoisotopic (exact) mass is 347 g/mol. The minimum atomic E-state index is 0.143. The van der Waals surface area contributed by atoms with E-state index in [-0.39, 0.29) is 5.60 Å². The molecule has 2 nitrogen and oxygen atoms in total. The van der Waals surface area contributed by atoms with Crippen LogP contribution in [-0.4, -0.2) is 36.7 Å². The molecule has 0 saturated carbocycles. The van der Waals surface area contributed by atoms with Crippen molar-refractivity contribution in [2.45, 2.75) is 49.5 Å². The summed E-state index contributed by atoms with van der Waals surface area (Å²) in [6.07, 6.45) is 6.20. The Morgan fingerprint density at radius 3 is 2.58 bits per heavy atom. The van der Waals surface area contributed by atoms with Gasteiger partial charge in [0.2, 0.25) is 0 Å². The summed E-state index contributed by atoms with van der Waals surface area (Å²) in [5, 5.41) is 0. The van der Waals surface area contributed by atoms with Crippen LogP contribution in [0, 0.1) is 0 Å². The van der Waals surface area contributed by atoms with Gasteiger partial charge in [-0.05, 0) is 54.7 Å². The standard InChI is InChI=1S/C24H29NO/c1-2-6-19(7-3-1)22-16-24(26-18-22)12-14-25(15-13-24)17-21-11-10-20-8-4-5-9-23(20)21/h1-9,21-22H,10-18H2/t21-,22+/m0/s1. The van der Waals surface area contributed by atoms with E-state index in [0.717, 1.165) is 12.5 Å². The predicted molar refractivity (Wildman–Crippen MR) is 106 cm³/mol. The van der Waals surface area contributed by atoms with Crippen molar-refractivity contribution in [3.63, 3.8) is 0 Å². The first kappa shape index (κ1) is 16.5. The van der Waals surface area contributed by atoms with E-state index in [1.807, 2.05) is 0 Å². The number of fused-ring (bicyclic) bond motifs is 1. The maximum atomic E-state index is 6.40. The molecule has 2 atom stereocenters. The van der Waals surface area contributed by atoms with Crippen LogP contribution in [0.15, 0.2) is 54.6 Å². The number of ether oxygens (including phenoxy) is 1. The normalized spacial score (nSPS) is 27.7. The molecule has 2 heteroatoms. The number of likely N-dealkylation sites (tertiary alicyclic amines) is 1. The van der Waals surface area contributed by atoms with Gasteiger partial charge >= 0.3 is 0 Å². The first-order valence-electron chi connectivity index (χ1n) is 10.3. The molecule has 2 fully saturated rings. The summed E-state index contributed by atoms with van der Waals surface area (Å²) >= 11 is 0. The van der Waals surface area contributed by atoms with Crippen molar-refractivity contribution >= 4 is 0 Å². The lowest BCUT2D eigenvalue weighted by molar-refractivity contribution is -0.0442. The van der Waals surface area contributed by atoms with E-state index in [1.54, 1.807) is 11.1 Å². The first-order chi connectivity index (χ1) is 12.8. The van der Waals surface area contributed by atoms with Crippen LogP contribution in [-0.2, 0) is 11.2 Å². The molecule has 0 N–H and O–H groups in total. The SMILES string of the molecule is c1ccc([C@H]2COC3(CCN(C[C@@H]4CCc5ccccc54)CC3)C2)cc1. The molecule has 2 aromatic rings. The Hall–Kier alpha value is -1.64. The van der Waals surface area contributed by atoms with E-state index in [4.69, 9.17) is 4.74 Å². The number of hydrogen-bond donors (Lipinski definition) is 0. The molecule has 0 radical (unpaired) electrons. The third-order valence-electron chi connectivity index (χ3n) is 6.98. The molecule has 2 saturated heterocycles. The molecule has 0 bridgehead atoms. The highest BCUT2D eigenvalue weighted by Crippen LogP contribution is 2.43. The number of piperidine rings is 1. The second-order valence-corrected chi connectivity index (χ2v) is 8.54. The maximum Gasteiger partial charge on any atom is 0.0713 e. The summed E-state index contributed by atoms with van der Waals surface area (Å²) in [6, 6.07) is 20.0. The fraction of sp³-hybridized carbons (Fsp3) is 0.500. The summed E-state index contributed by atoms with van der Waals surface area (Å²) in [5.41, 5.74) is 4.78. The molecular weight excluding hydrogens is 318 g/mol. The lowest BCUT2D eigenvalue weighted by Gasteiger charge is -2.39. The van der Waals surface area contributed by atoms with Gasteiger partial charge in [0.25, 0.3) is 0 Å². The van der Waals surface area contributed by atoms with Gasteiger partial charge in [-0.2, -0.15) is 0 Å². The predicted octanol–water partition coefficient (Wildman–Crippen LogP) is 4.76. The first-order valence-corrected chi connectivity index (χ1v) is 10.3. The van der Waals surface area contributed by atoms with Crippen LogP contribution in [0.3, 0.4) is 0 Å². The summed E-state index contributed by atoms with van der Waals surface area (Å²) < 4.78 is 6.40. The average molecular weight is 348 g/mol. The van der Waals surface area contributed by atoms with Crippen LogP contribution in [0.5, 0.6) is 0 Å². The molecule has 5 rings (SSSR count). The van der Waals surface area contributed by atoms with Crippen LogP contribution < -0.4 is 0 Å².